The van der Waals surface area contributed by atoms with Gasteiger partial charge in [0.1, 0.15) is 17.3 Å². The Labute approximate surface area is 293 Å². The summed E-state index contributed by atoms with van der Waals surface area (Å²) in [7, 11) is -0.976. The maximum absolute atomic E-state index is 14.4. The van der Waals surface area contributed by atoms with Crippen molar-refractivity contribution in [3.05, 3.63) is 78.1 Å². The lowest BCUT2D eigenvalue weighted by atomic mass is 10.0. The van der Waals surface area contributed by atoms with Gasteiger partial charge >= 0.3 is 6.03 Å². The third-order valence-electron chi connectivity index (χ3n) is 8.62. The number of hydrogen-bond donors (Lipinski definition) is 3. The molecule has 3 aromatic carbocycles. The molecule has 0 saturated heterocycles. The lowest BCUT2D eigenvalue weighted by molar-refractivity contribution is -0.00834. The van der Waals surface area contributed by atoms with Gasteiger partial charge in [-0.1, -0.05) is 6.92 Å². The average molecular weight is 715 g/mol. The summed E-state index contributed by atoms with van der Waals surface area (Å²) in [6.07, 6.45) is 1.24. The minimum Gasteiger partial charge on any atom is -0.497 e. The number of benzene rings is 3. The van der Waals surface area contributed by atoms with Crippen molar-refractivity contribution in [2.75, 3.05) is 51.1 Å². The van der Waals surface area contributed by atoms with Crippen molar-refractivity contribution in [3.8, 4) is 11.5 Å². The Bertz CT molecular complexity index is 1690. The number of amides is 3. The lowest BCUT2D eigenvalue weighted by Crippen LogP contribution is -2.48. The zero-order chi connectivity index (χ0) is 36.4. The number of carbonyl (C=O) groups is 2. The SMILES string of the molecule is COc1ccc(NC(=O)Nc2ccc3c(c2)C(=O)N([C@H](C)CO)C[C@H](C)[C@H](CN(C)S(=O)(=O)c2ccc(F)cc2)OCCCC[C@H](C)O3)cc1. The summed E-state index contributed by atoms with van der Waals surface area (Å²) in [4.78, 5) is 28.7. The average Bonchev–Trinajstić information content (AvgIpc) is 3.09. The van der Waals surface area contributed by atoms with Gasteiger partial charge in [-0.2, -0.15) is 4.31 Å². The maximum Gasteiger partial charge on any atom is 0.323 e. The first-order valence-corrected chi connectivity index (χ1v) is 18.0. The molecule has 4 atom stereocenters. The van der Waals surface area contributed by atoms with E-state index in [4.69, 9.17) is 14.2 Å². The first-order chi connectivity index (χ1) is 23.8. The van der Waals surface area contributed by atoms with E-state index in [-0.39, 0.29) is 42.2 Å². The number of rotatable bonds is 9. The molecular formula is C36H47FN4O8S. The summed E-state index contributed by atoms with van der Waals surface area (Å²) >= 11 is 0. The monoisotopic (exact) mass is 714 g/mol. The van der Waals surface area contributed by atoms with Crippen LogP contribution in [-0.2, 0) is 14.8 Å². The molecule has 50 heavy (non-hydrogen) atoms. The Balaban J connectivity index is 1.61. The number of nitrogens with one attached hydrogen (secondary N) is 2. The Morgan fingerprint density at radius 2 is 1.72 bits per heavy atom. The number of hydrogen-bond acceptors (Lipinski definition) is 8. The molecule has 1 aliphatic heterocycles. The first-order valence-electron chi connectivity index (χ1n) is 16.6. The highest BCUT2D eigenvalue weighted by molar-refractivity contribution is 7.89. The van der Waals surface area contributed by atoms with Crippen LogP contribution in [-0.4, -0.2) is 93.4 Å². The second-order valence-corrected chi connectivity index (χ2v) is 14.6. The number of urea groups is 1. The van der Waals surface area contributed by atoms with Crippen LogP contribution in [0.4, 0.5) is 20.6 Å². The van der Waals surface area contributed by atoms with E-state index in [0.717, 1.165) is 18.6 Å². The molecule has 1 heterocycles. The molecule has 0 aliphatic carbocycles. The molecule has 0 fully saturated rings. The highest BCUT2D eigenvalue weighted by atomic mass is 32.2. The van der Waals surface area contributed by atoms with Crippen molar-refractivity contribution in [1.82, 2.24) is 9.21 Å². The summed E-state index contributed by atoms with van der Waals surface area (Å²) in [6, 6.07) is 15.1. The molecule has 3 N–H and O–H groups in total. The molecule has 0 unspecified atom stereocenters. The molecule has 0 aromatic heterocycles. The van der Waals surface area contributed by atoms with E-state index in [1.54, 1.807) is 56.5 Å². The van der Waals surface area contributed by atoms with Gasteiger partial charge in [-0.05, 0) is 99.8 Å². The highest BCUT2D eigenvalue weighted by Gasteiger charge is 2.32. The van der Waals surface area contributed by atoms with E-state index in [2.05, 4.69) is 10.6 Å². The third-order valence-corrected chi connectivity index (χ3v) is 10.5. The van der Waals surface area contributed by atoms with Gasteiger partial charge < -0.3 is 34.9 Å². The second-order valence-electron chi connectivity index (χ2n) is 12.6. The fourth-order valence-electron chi connectivity index (χ4n) is 5.57. The van der Waals surface area contributed by atoms with E-state index >= 15 is 0 Å². The van der Waals surface area contributed by atoms with Crippen LogP contribution in [0.15, 0.2) is 71.6 Å². The van der Waals surface area contributed by atoms with Crippen molar-refractivity contribution in [3.63, 3.8) is 0 Å². The number of aliphatic hydroxyl groups is 1. The molecule has 1 aliphatic rings. The smallest absolute Gasteiger partial charge is 0.323 e. The Kier molecular flexibility index (Phi) is 13.6. The van der Waals surface area contributed by atoms with Crippen LogP contribution < -0.4 is 20.1 Å². The van der Waals surface area contributed by atoms with Gasteiger partial charge in [0.05, 0.1) is 42.4 Å². The van der Waals surface area contributed by atoms with Crippen molar-refractivity contribution < 1.29 is 41.7 Å². The van der Waals surface area contributed by atoms with Crippen LogP contribution in [0.1, 0.15) is 50.4 Å². The molecule has 0 saturated carbocycles. The summed E-state index contributed by atoms with van der Waals surface area (Å²) < 4.78 is 59.1. The number of nitrogens with zero attached hydrogens (tertiary/aromatic N) is 2. The van der Waals surface area contributed by atoms with Gasteiger partial charge in [0.25, 0.3) is 5.91 Å². The van der Waals surface area contributed by atoms with Gasteiger partial charge in [0.15, 0.2) is 0 Å². The largest absolute Gasteiger partial charge is 0.497 e. The molecule has 0 bridgehead atoms. The first kappa shape index (κ1) is 38.6. The second kappa shape index (κ2) is 17.6. The van der Waals surface area contributed by atoms with Crippen LogP contribution in [0.25, 0.3) is 0 Å². The van der Waals surface area contributed by atoms with Crippen LogP contribution in [0.3, 0.4) is 0 Å². The number of aliphatic hydroxyl groups excluding tert-OH is 1. The minimum absolute atomic E-state index is 0.0239. The molecule has 4 rings (SSSR count). The zero-order valence-electron chi connectivity index (χ0n) is 29.1. The van der Waals surface area contributed by atoms with Crippen LogP contribution in [0.2, 0.25) is 0 Å². The van der Waals surface area contributed by atoms with Gasteiger partial charge in [-0.15, -0.1) is 0 Å². The van der Waals surface area contributed by atoms with Crippen molar-refractivity contribution >= 4 is 33.3 Å². The van der Waals surface area contributed by atoms with E-state index in [0.29, 0.717) is 42.3 Å². The number of fused-ring (bicyclic) bond motifs is 1. The number of methoxy groups -OCH3 is 1. The molecule has 12 nitrogen and oxygen atoms in total. The van der Waals surface area contributed by atoms with Crippen molar-refractivity contribution in [2.45, 2.75) is 63.2 Å². The Morgan fingerprint density at radius 1 is 1.06 bits per heavy atom. The molecule has 3 amide bonds. The van der Waals surface area contributed by atoms with E-state index < -0.39 is 39.9 Å². The van der Waals surface area contributed by atoms with Crippen molar-refractivity contribution in [1.29, 1.82) is 0 Å². The van der Waals surface area contributed by atoms with E-state index in [1.165, 1.54) is 28.4 Å². The Morgan fingerprint density at radius 3 is 2.38 bits per heavy atom. The fourth-order valence-corrected chi connectivity index (χ4v) is 6.75. The van der Waals surface area contributed by atoms with Crippen LogP contribution in [0, 0.1) is 11.7 Å². The summed E-state index contributed by atoms with van der Waals surface area (Å²) in [5.41, 5.74) is 1.08. The predicted octanol–water partition coefficient (Wildman–Crippen LogP) is 5.59. The number of anilines is 2. The number of carbonyl (C=O) groups excluding carboxylic acids is 2. The Hall–Kier alpha value is -4.24. The summed E-state index contributed by atoms with van der Waals surface area (Å²) in [5, 5.41) is 15.7. The fraction of sp³-hybridized carbons (Fsp3) is 0.444. The number of sulfonamides is 1. The van der Waals surface area contributed by atoms with Gasteiger partial charge in [-0.3, -0.25) is 4.79 Å². The van der Waals surface area contributed by atoms with Gasteiger partial charge in [0, 0.05) is 44.0 Å². The standard InChI is InChI=1S/C36H47FN4O8S/c1-24-21-41(25(2)23-42)35(43)32-20-29(39-36(44)38-28-11-14-30(47-5)15-12-28)13-18-33(32)49-26(3)8-6-7-19-48-34(24)22-40(4)50(45,46)31-16-9-27(37)10-17-31/h9-18,20,24-26,34,42H,6-8,19,21-23H2,1-5H3,(H2,38,39,44)/t24-,25+,26-,34-/m0/s1. The quantitative estimate of drug-likeness (QED) is 0.260. The van der Waals surface area contributed by atoms with E-state index in [1.807, 2.05) is 13.8 Å². The van der Waals surface area contributed by atoms with Gasteiger partial charge in [0.2, 0.25) is 10.0 Å². The lowest BCUT2D eigenvalue weighted by Gasteiger charge is -2.35. The summed E-state index contributed by atoms with van der Waals surface area (Å²) in [5.74, 6) is -0.393. The zero-order valence-corrected chi connectivity index (χ0v) is 29.9. The number of ether oxygens (including phenoxy) is 3. The summed E-state index contributed by atoms with van der Waals surface area (Å²) in [6.45, 7) is 5.59. The third kappa shape index (κ3) is 10.2. The topological polar surface area (TPSA) is 147 Å². The van der Waals surface area contributed by atoms with Crippen molar-refractivity contribution in [2.24, 2.45) is 5.92 Å². The van der Waals surface area contributed by atoms with E-state index in [9.17, 15) is 27.5 Å². The number of halogens is 1. The molecule has 0 radical (unpaired) electrons. The minimum atomic E-state index is -3.97. The molecule has 3 aromatic rings. The van der Waals surface area contributed by atoms with Crippen LogP contribution in [0.5, 0.6) is 11.5 Å². The molecular weight excluding hydrogens is 667 g/mol. The normalized spacial score (nSPS) is 19.9. The maximum atomic E-state index is 14.4. The molecule has 14 heteroatoms. The molecule has 0 spiro atoms. The molecule has 272 valence electrons. The highest BCUT2D eigenvalue weighted by Crippen LogP contribution is 2.29. The number of likely N-dealkylation sites (N-methyl/N-ethyl adjacent to an activating group) is 1. The van der Waals surface area contributed by atoms with Gasteiger partial charge in [-0.25, -0.2) is 17.6 Å². The predicted molar refractivity (Wildman–Crippen MR) is 189 cm³/mol. The van der Waals surface area contributed by atoms with Crippen LogP contribution >= 0.6 is 0 Å².